The maximum absolute atomic E-state index is 13.8. The van der Waals surface area contributed by atoms with Crippen molar-refractivity contribution in [2.45, 2.75) is 25.7 Å². The van der Waals surface area contributed by atoms with E-state index < -0.39 is 0 Å². The smallest absolute Gasteiger partial charge is 0.254 e. The van der Waals surface area contributed by atoms with Crippen LogP contribution in [0, 0.1) is 5.82 Å². The molecule has 6 rings (SSSR count). The second kappa shape index (κ2) is 12.5. The molecular formula is C32H39FN8O3. The van der Waals surface area contributed by atoms with E-state index in [1.165, 1.54) is 12.1 Å². The molecule has 44 heavy (non-hydrogen) atoms. The number of benzene rings is 1. The molecule has 1 fully saturated rings. The van der Waals surface area contributed by atoms with E-state index in [9.17, 15) is 9.18 Å². The number of nitrogens with zero attached hydrogens (tertiary/aromatic N) is 6. The van der Waals surface area contributed by atoms with Gasteiger partial charge in [-0.1, -0.05) is 6.07 Å². The molecular weight excluding hydrogens is 563 g/mol. The number of morpholine rings is 1. The molecule has 0 saturated carbocycles. The number of hydrogen-bond acceptors (Lipinski definition) is 9. The zero-order valence-corrected chi connectivity index (χ0v) is 25.9. The fraction of sp³-hybridized carbons (Fsp3) is 0.406. The Morgan fingerprint density at radius 2 is 1.98 bits per heavy atom. The topological polar surface area (TPSA) is 99.5 Å². The lowest BCUT2D eigenvalue weighted by Gasteiger charge is -2.37. The van der Waals surface area contributed by atoms with Crippen molar-refractivity contribution in [2.75, 3.05) is 71.8 Å². The van der Waals surface area contributed by atoms with Gasteiger partial charge in [0.2, 0.25) is 0 Å². The Balaban J connectivity index is 1.41. The number of aromatic nitrogens is 3. The van der Waals surface area contributed by atoms with Gasteiger partial charge in [0.1, 0.15) is 17.3 Å². The number of ether oxygens (including phenoxy) is 2. The first-order valence-corrected chi connectivity index (χ1v) is 14.7. The minimum absolute atomic E-state index is 0.0162. The average molecular weight is 603 g/mol. The molecule has 12 heteroatoms. The number of carbonyl (C=O) groups is 1. The van der Waals surface area contributed by atoms with Gasteiger partial charge in [-0.2, -0.15) is 0 Å². The highest BCUT2D eigenvalue weighted by atomic mass is 19.1. The first kappa shape index (κ1) is 29.9. The molecule has 2 aliphatic rings. The molecule has 2 aliphatic heterocycles. The molecule has 11 nitrogen and oxygen atoms in total. The lowest BCUT2D eigenvalue weighted by atomic mass is 9.99. The first-order valence-electron chi connectivity index (χ1n) is 14.7. The molecule has 0 unspecified atom stereocenters. The second-order valence-electron chi connectivity index (χ2n) is 11.9. The van der Waals surface area contributed by atoms with Crippen molar-refractivity contribution in [2.24, 2.45) is 0 Å². The number of rotatable bonds is 10. The highest BCUT2D eigenvalue weighted by molar-refractivity contribution is 6.06. The molecule has 4 aromatic rings. The van der Waals surface area contributed by atoms with Crippen LogP contribution in [0.4, 0.5) is 21.6 Å². The molecule has 0 aliphatic carbocycles. The summed E-state index contributed by atoms with van der Waals surface area (Å²) in [5, 5.41) is 6.48. The number of fused-ring (bicyclic) bond motifs is 2. The van der Waals surface area contributed by atoms with E-state index in [1.54, 1.807) is 19.5 Å². The van der Waals surface area contributed by atoms with Gasteiger partial charge in [0.05, 0.1) is 53.8 Å². The summed E-state index contributed by atoms with van der Waals surface area (Å²) in [4.78, 5) is 29.3. The molecule has 1 amide bonds. The second-order valence-corrected chi connectivity index (χ2v) is 11.9. The Morgan fingerprint density at radius 1 is 1.16 bits per heavy atom. The van der Waals surface area contributed by atoms with Crippen LogP contribution in [-0.2, 0) is 29.1 Å². The normalized spacial score (nSPS) is 16.7. The van der Waals surface area contributed by atoms with Crippen LogP contribution in [0.15, 0.2) is 42.7 Å². The van der Waals surface area contributed by atoms with Crippen molar-refractivity contribution >= 4 is 28.7 Å². The maximum atomic E-state index is 13.8. The van der Waals surface area contributed by atoms with Gasteiger partial charge in [-0.25, -0.2) is 14.4 Å². The zero-order chi connectivity index (χ0) is 31.0. The first-order chi connectivity index (χ1) is 21.2. The lowest BCUT2D eigenvalue weighted by Crippen LogP contribution is -2.45. The van der Waals surface area contributed by atoms with E-state index in [-0.39, 0.29) is 17.8 Å². The molecule has 1 atom stereocenters. The number of methoxy groups -OCH3 is 1. The van der Waals surface area contributed by atoms with E-state index in [0.29, 0.717) is 62.1 Å². The van der Waals surface area contributed by atoms with Gasteiger partial charge >= 0.3 is 0 Å². The van der Waals surface area contributed by atoms with Crippen LogP contribution in [0.3, 0.4) is 0 Å². The summed E-state index contributed by atoms with van der Waals surface area (Å²) < 4.78 is 27.0. The van der Waals surface area contributed by atoms with Crippen molar-refractivity contribution in [1.82, 2.24) is 29.5 Å². The summed E-state index contributed by atoms with van der Waals surface area (Å²) in [6.45, 7) is 4.37. The van der Waals surface area contributed by atoms with Crippen LogP contribution in [-0.4, -0.2) is 97.8 Å². The van der Waals surface area contributed by atoms with E-state index >= 15 is 0 Å². The SMILES string of the molecule is COC[C@@H]1CN(c2c(CN(C)C)cc(Nc3ccc(-c4cnc5cc(F)ccn45)c4c3C(=O)NC4)nc2CN(C)C)CCO1. The quantitative estimate of drug-likeness (QED) is 0.283. The van der Waals surface area contributed by atoms with Crippen LogP contribution in [0.5, 0.6) is 0 Å². The summed E-state index contributed by atoms with van der Waals surface area (Å²) in [6, 6.07) is 8.77. The molecule has 2 N–H and O–H groups in total. The molecule has 0 bridgehead atoms. The van der Waals surface area contributed by atoms with Crippen molar-refractivity contribution < 1.29 is 18.7 Å². The average Bonchev–Trinajstić information content (AvgIpc) is 3.56. The maximum Gasteiger partial charge on any atom is 0.254 e. The number of amides is 1. The third kappa shape index (κ3) is 5.98. The lowest BCUT2D eigenvalue weighted by molar-refractivity contribution is -0.0101. The molecule has 1 saturated heterocycles. The Kier molecular flexibility index (Phi) is 8.50. The summed E-state index contributed by atoms with van der Waals surface area (Å²) in [6.07, 6.45) is 3.36. The zero-order valence-electron chi connectivity index (χ0n) is 25.9. The molecule has 232 valence electrons. The number of imidazole rings is 1. The van der Waals surface area contributed by atoms with Crippen molar-refractivity contribution in [3.8, 4) is 11.3 Å². The molecule has 5 heterocycles. The van der Waals surface area contributed by atoms with Crippen LogP contribution in [0.2, 0.25) is 0 Å². The van der Waals surface area contributed by atoms with Crippen LogP contribution >= 0.6 is 0 Å². The van der Waals surface area contributed by atoms with Gasteiger partial charge in [0, 0.05) is 57.7 Å². The van der Waals surface area contributed by atoms with Gasteiger partial charge < -0.3 is 34.8 Å². The largest absolute Gasteiger partial charge is 0.382 e. The van der Waals surface area contributed by atoms with Crippen molar-refractivity contribution in [3.63, 3.8) is 0 Å². The number of halogens is 1. The predicted octanol–water partition coefficient (Wildman–Crippen LogP) is 3.50. The molecule has 1 aromatic carbocycles. The Morgan fingerprint density at radius 3 is 2.75 bits per heavy atom. The van der Waals surface area contributed by atoms with Gasteiger partial charge in [-0.3, -0.25) is 9.20 Å². The minimum atomic E-state index is -0.347. The third-order valence-corrected chi connectivity index (χ3v) is 7.88. The van der Waals surface area contributed by atoms with E-state index in [0.717, 1.165) is 40.3 Å². The number of nitrogens with one attached hydrogen (secondary N) is 2. The van der Waals surface area contributed by atoms with Crippen LogP contribution < -0.4 is 15.5 Å². The van der Waals surface area contributed by atoms with E-state index in [2.05, 4.69) is 50.5 Å². The Labute approximate surface area is 256 Å². The Bertz CT molecular complexity index is 1650. The van der Waals surface area contributed by atoms with Crippen molar-refractivity contribution in [3.05, 3.63) is 70.9 Å². The van der Waals surface area contributed by atoms with E-state index in [1.807, 2.05) is 30.6 Å². The summed E-state index contributed by atoms with van der Waals surface area (Å²) in [5.41, 5.74) is 7.48. The van der Waals surface area contributed by atoms with Gasteiger partial charge in [-0.05, 0) is 57.5 Å². The number of pyridine rings is 2. The summed E-state index contributed by atoms with van der Waals surface area (Å²) >= 11 is 0. The fourth-order valence-electron chi connectivity index (χ4n) is 6.16. The predicted molar refractivity (Wildman–Crippen MR) is 168 cm³/mol. The highest BCUT2D eigenvalue weighted by Crippen LogP contribution is 2.37. The van der Waals surface area contributed by atoms with Gasteiger partial charge in [0.15, 0.2) is 0 Å². The standard InChI is InChI=1S/C32H39FN8O3/c1-38(2)16-20-12-28(37-26(18-39(3)4)31(20)40-10-11-44-22(17-40)19-43-5)36-25-7-6-23(24-14-35-32(42)30(24)25)27-15-34-29-13-21(33)8-9-41(27)29/h6-9,12-13,15,22H,10-11,14,16-19H2,1-5H3,(H,35,42)(H,36,37)/t22-/m0/s1. The summed E-state index contributed by atoms with van der Waals surface area (Å²) in [5.74, 6) is 0.171. The number of hydrogen-bond donors (Lipinski definition) is 2. The summed E-state index contributed by atoms with van der Waals surface area (Å²) in [7, 11) is 9.88. The van der Waals surface area contributed by atoms with Gasteiger partial charge in [-0.15, -0.1) is 0 Å². The minimum Gasteiger partial charge on any atom is -0.382 e. The monoisotopic (exact) mass is 602 g/mol. The fourth-order valence-corrected chi connectivity index (χ4v) is 6.16. The van der Waals surface area contributed by atoms with E-state index in [4.69, 9.17) is 14.5 Å². The third-order valence-electron chi connectivity index (χ3n) is 7.88. The highest BCUT2D eigenvalue weighted by Gasteiger charge is 2.29. The number of anilines is 3. The Hall–Kier alpha value is -4.10. The number of carbonyl (C=O) groups excluding carboxylic acids is 1. The van der Waals surface area contributed by atoms with Crippen molar-refractivity contribution in [1.29, 1.82) is 0 Å². The molecule has 3 aromatic heterocycles. The van der Waals surface area contributed by atoms with Crippen LogP contribution in [0.25, 0.3) is 16.9 Å². The molecule has 0 spiro atoms. The molecule has 0 radical (unpaired) electrons. The van der Waals surface area contributed by atoms with Crippen LogP contribution in [0.1, 0.15) is 27.2 Å². The van der Waals surface area contributed by atoms with Gasteiger partial charge in [0.25, 0.3) is 5.91 Å².